The number of benzene rings is 2. The van der Waals surface area contributed by atoms with E-state index in [9.17, 15) is 13.5 Å². The van der Waals surface area contributed by atoms with Gasteiger partial charge in [-0.15, -0.1) is 0 Å². The highest BCUT2D eigenvalue weighted by atomic mass is 32.2. The van der Waals surface area contributed by atoms with Crippen LogP contribution in [0.25, 0.3) is 0 Å². The molecule has 1 saturated heterocycles. The van der Waals surface area contributed by atoms with Crippen molar-refractivity contribution in [3.05, 3.63) is 53.6 Å². The first-order valence-corrected chi connectivity index (χ1v) is 9.19. The predicted octanol–water partition coefficient (Wildman–Crippen LogP) is 2.95. The van der Waals surface area contributed by atoms with Crippen LogP contribution in [-0.2, 0) is 9.84 Å². The smallest absolute Gasteiger partial charge is 0.206 e. The van der Waals surface area contributed by atoms with Crippen LogP contribution in [-0.4, -0.2) is 38.6 Å². The Balaban J connectivity index is 1.96. The van der Waals surface area contributed by atoms with Crippen molar-refractivity contribution >= 4 is 9.84 Å². The van der Waals surface area contributed by atoms with Crippen LogP contribution in [0, 0.1) is 6.92 Å². The van der Waals surface area contributed by atoms with Crippen LogP contribution in [0.3, 0.4) is 0 Å². The number of nitrogens with zero attached hydrogens (tertiary/aromatic N) is 1. The standard InChI is InChI=1S/C18H21NO3S/c1-13-10-17(6-7-18(13)14-8-9-19(2)12-14)23(21,22)16-5-3-4-15(20)11-16/h3-7,10-11,14,20H,8-9,12H2,1-2H3. The normalized spacial score (nSPS) is 19.1. The molecule has 1 aliphatic heterocycles. The van der Waals surface area contributed by atoms with Crippen LogP contribution in [0.15, 0.2) is 52.3 Å². The molecule has 1 aliphatic rings. The zero-order chi connectivity index (χ0) is 16.6. The molecule has 1 heterocycles. The van der Waals surface area contributed by atoms with Gasteiger partial charge in [-0.25, -0.2) is 8.42 Å². The molecule has 2 aromatic carbocycles. The van der Waals surface area contributed by atoms with Gasteiger partial charge in [0.05, 0.1) is 9.79 Å². The molecule has 0 amide bonds. The molecule has 1 atom stereocenters. The lowest BCUT2D eigenvalue weighted by Crippen LogP contribution is -2.13. The lowest BCUT2D eigenvalue weighted by molar-refractivity contribution is 0.411. The Morgan fingerprint density at radius 2 is 1.87 bits per heavy atom. The summed E-state index contributed by atoms with van der Waals surface area (Å²) in [6.45, 7) is 4.06. The molecule has 0 aromatic heterocycles. The van der Waals surface area contributed by atoms with E-state index in [2.05, 4.69) is 11.9 Å². The summed E-state index contributed by atoms with van der Waals surface area (Å²) in [5.41, 5.74) is 2.23. The van der Waals surface area contributed by atoms with E-state index in [4.69, 9.17) is 0 Å². The maximum absolute atomic E-state index is 12.7. The number of likely N-dealkylation sites (N-methyl/N-ethyl adjacent to an activating group) is 1. The van der Waals surface area contributed by atoms with Crippen molar-refractivity contribution in [2.24, 2.45) is 0 Å². The largest absolute Gasteiger partial charge is 0.508 e. The second-order valence-corrected chi connectivity index (χ2v) is 8.22. The maximum atomic E-state index is 12.7. The van der Waals surface area contributed by atoms with Crippen molar-refractivity contribution in [3.63, 3.8) is 0 Å². The van der Waals surface area contributed by atoms with E-state index in [1.807, 2.05) is 13.0 Å². The molecule has 1 fully saturated rings. The Bertz CT molecular complexity index is 830. The molecule has 0 aliphatic carbocycles. The number of hydrogen-bond donors (Lipinski definition) is 1. The summed E-state index contributed by atoms with van der Waals surface area (Å²) in [5, 5.41) is 9.52. The van der Waals surface area contributed by atoms with Crippen LogP contribution >= 0.6 is 0 Å². The fourth-order valence-corrected chi connectivity index (χ4v) is 4.63. The summed E-state index contributed by atoms with van der Waals surface area (Å²) in [4.78, 5) is 2.68. The van der Waals surface area contributed by atoms with Gasteiger partial charge in [0.25, 0.3) is 0 Å². The highest BCUT2D eigenvalue weighted by Crippen LogP contribution is 2.31. The van der Waals surface area contributed by atoms with Crippen LogP contribution in [0.4, 0.5) is 0 Å². The van der Waals surface area contributed by atoms with Crippen molar-refractivity contribution in [1.82, 2.24) is 4.90 Å². The number of rotatable bonds is 3. The van der Waals surface area contributed by atoms with Crippen LogP contribution < -0.4 is 0 Å². The van der Waals surface area contributed by atoms with Gasteiger partial charge >= 0.3 is 0 Å². The van der Waals surface area contributed by atoms with E-state index in [-0.39, 0.29) is 15.5 Å². The molecule has 5 heteroatoms. The lowest BCUT2D eigenvalue weighted by atomic mass is 9.94. The van der Waals surface area contributed by atoms with Crippen LogP contribution in [0.5, 0.6) is 5.75 Å². The predicted molar refractivity (Wildman–Crippen MR) is 89.6 cm³/mol. The average Bonchev–Trinajstić information content (AvgIpc) is 2.93. The molecule has 0 saturated carbocycles. The van der Waals surface area contributed by atoms with Gasteiger partial charge in [0.15, 0.2) is 0 Å². The monoisotopic (exact) mass is 331 g/mol. The molecule has 0 radical (unpaired) electrons. The van der Waals surface area contributed by atoms with Crippen molar-refractivity contribution in [2.45, 2.75) is 29.1 Å². The minimum atomic E-state index is -3.61. The number of hydrogen-bond acceptors (Lipinski definition) is 4. The molecular weight excluding hydrogens is 310 g/mol. The topological polar surface area (TPSA) is 57.6 Å². The van der Waals surface area contributed by atoms with E-state index in [0.717, 1.165) is 25.1 Å². The van der Waals surface area contributed by atoms with Crippen LogP contribution in [0.2, 0.25) is 0 Å². The summed E-state index contributed by atoms with van der Waals surface area (Å²) in [6, 6.07) is 11.2. The fraction of sp³-hybridized carbons (Fsp3) is 0.333. The Kier molecular flexibility index (Phi) is 4.17. The second-order valence-electron chi connectivity index (χ2n) is 6.27. The van der Waals surface area contributed by atoms with Gasteiger partial charge in [0.2, 0.25) is 9.84 Å². The third-order valence-electron chi connectivity index (χ3n) is 4.51. The van der Waals surface area contributed by atoms with E-state index in [1.54, 1.807) is 12.1 Å². The number of likely N-dealkylation sites (tertiary alicyclic amines) is 1. The highest BCUT2D eigenvalue weighted by molar-refractivity contribution is 7.91. The van der Waals surface area contributed by atoms with Gasteiger partial charge < -0.3 is 10.0 Å². The van der Waals surface area contributed by atoms with Crippen molar-refractivity contribution < 1.29 is 13.5 Å². The zero-order valence-corrected chi connectivity index (χ0v) is 14.2. The van der Waals surface area contributed by atoms with Crippen LogP contribution in [0.1, 0.15) is 23.5 Å². The average molecular weight is 331 g/mol. The second kappa shape index (κ2) is 5.98. The summed E-state index contributed by atoms with van der Waals surface area (Å²) in [6.07, 6.45) is 1.11. The van der Waals surface area contributed by atoms with Gasteiger partial charge in [-0.1, -0.05) is 12.1 Å². The fourth-order valence-electron chi connectivity index (χ4n) is 3.25. The maximum Gasteiger partial charge on any atom is 0.206 e. The number of phenolic OH excluding ortho intramolecular Hbond substituents is 1. The molecule has 3 rings (SSSR count). The Labute approximate surface area is 137 Å². The summed E-state index contributed by atoms with van der Waals surface area (Å²) in [5.74, 6) is 0.422. The Hall–Kier alpha value is -1.85. The molecule has 1 unspecified atom stereocenters. The number of aryl methyl sites for hydroxylation is 1. The quantitative estimate of drug-likeness (QED) is 0.939. The van der Waals surface area contributed by atoms with Gasteiger partial charge in [0, 0.05) is 6.54 Å². The summed E-state index contributed by atoms with van der Waals surface area (Å²) in [7, 11) is -1.50. The first kappa shape index (κ1) is 16.0. The SMILES string of the molecule is Cc1cc(S(=O)(=O)c2cccc(O)c2)ccc1C1CCN(C)C1. The van der Waals surface area contributed by atoms with E-state index in [0.29, 0.717) is 5.92 Å². The van der Waals surface area contributed by atoms with Gasteiger partial charge in [-0.3, -0.25) is 0 Å². The number of sulfone groups is 1. The van der Waals surface area contributed by atoms with Gasteiger partial charge in [-0.05, 0) is 74.3 Å². The van der Waals surface area contributed by atoms with E-state index < -0.39 is 9.84 Å². The molecule has 2 aromatic rings. The minimum Gasteiger partial charge on any atom is -0.508 e. The number of phenols is 1. The Morgan fingerprint density at radius 1 is 1.13 bits per heavy atom. The third kappa shape index (κ3) is 3.12. The third-order valence-corrected chi connectivity index (χ3v) is 6.26. The zero-order valence-electron chi connectivity index (χ0n) is 13.4. The Morgan fingerprint density at radius 3 is 2.48 bits per heavy atom. The van der Waals surface area contributed by atoms with Gasteiger partial charge in [0.1, 0.15) is 5.75 Å². The van der Waals surface area contributed by atoms with Crippen molar-refractivity contribution in [2.75, 3.05) is 20.1 Å². The highest BCUT2D eigenvalue weighted by Gasteiger charge is 2.24. The lowest BCUT2D eigenvalue weighted by Gasteiger charge is -2.15. The molecule has 122 valence electrons. The summed E-state index contributed by atoms with van der Waals surface area (Å²) < 4.78 is 25.4. The molecule has 0 bridgehead atoms. The molecular formula is C18H21NO3S. The van der Waals surface area contributed by atoms with Crippen molar-refractivity contribution in [3.8, 4) is 5.75 Å². The number of aromatic hydroxyl groups is 1. The van der Waals surface area contributed by atoms with E-state index in [1.165, 1.54) is 29.8 Å². The first-order valence-electron chi connectivity index (χ1n) is 7.71. The molecule has 4 nitrogen and oxygen atoms in total. The first-order chi connectivity index (χ1) is 10.9. The summed E-state index contributed by atoms with van der Waals surface area (Å²) >= 11 is 0. The minimum absolute atomic E-state index is 0.0478. The molecule has 23 heavy (non-hydrogen) atoms. The van der Waals surface area contributed by atoms with E-state index >= 15 is 0 Å². The molecule has 1 N–H and O–H groups in total. The van der Waals surface area contributed by atoms with Gasteiger partial charge in [-0.2, -0.15) is 0 Å². The molecule has 0 spiro atoms. The van der Waals surface area contributed by atoms with Crippen molar-refractivity contribution in [1.29, 1.82) is 0 Å².